The van der Waals surface area contributed by atoms with Gasteiger partial charge in [0.05, 0.1) is 10.4 Å². The molecule has 4 rings (SSSR count). The molecule has 30 heavy (non-hydrogen) atoms. The summed E-state index contributed by atoms with van der Waals surface area (Å²) in [6.07, 6.45) is 1.64. The molecule has 0 bridgehead atoms. The van der Waals surface area contributed by atoms with Crippen molar-refractivity contribution in [3.8, 4) is 0 Å². The van der Waals surface area contributed by atoms with Crippen LogP contribution in [0, 0.1) is 5.82 Å². The van der Waals surface area contributed by atoms with Crippen LogP contribution in [0.25, 0.3) is 11.1 Å². The van der Waals surface area contributed by atoms with Crippen LogP contribution in [0.4, 0.5) is 10.1 Å². The molecular formula is C20H20FN3O5S. The molecule has 2 aromatic carbocycles. The maximum Gasteiger partial charge on any atom is 0.419 e. The lowest BCUT2D eigenvalue weighted by Gasteiger charge is -2.15. The lowest BCUT2D eigenvalue weighted by atomic mass is 10.3. The number of rotatable bonds is 6. The Labute approximate surface area is 172 Å². The Morgan fingerprint density at radius 2 is 1.80 bits per heavy atom. The third-order valence-electron chi connectivity index (χ3n) is 5.03. The van der Waals surface area contributed by atoms with Gasteiger partial charge in [-0.05, 0) is 49.2 Å². The van der Waals surface area contributed by atoms with Crippen molar-refractivity contribution in [2.24, 2.45) is 0 Å². The molecule has 0 unspecified atom stereocenters. The predicted molar refractivity (Wildman–Crippen MR) is 108 cm³/mol. The third-order valence-corrected chi connectivity index (χ3v) is 6.93. The van der Waals surface area contributed by atoms with Crippen molar-refractivity contribution in [3.05, 3.63) is 58.8 Å². The molecule has 158 valence electrons. The van der Waals surface area contributed by atoms with E-state index in [0.717, 1.165) is 12.8 Å². The minimum atomic E-state index is -3.63. The van der Waals surface area contributed by atoms with Crippen LogP contribution >= 0.6 is 0 Å². The number of halogens is 1. The number of benzene rings is 2. The summed E-state index contributed by atoms with van der Waals surface area (Å²) < 4.78 is 46.3. The zero-order chi connectivity index (χ0) is 21.3. The molecule has 10 heteroatoms. The molecule has 0 aliphatic carbocycles. The molecule has 1 saturated heterocycles. The number of aryl methyl sites for hydroxylation is 1. The molecule has 2 heterocycles. The first-order chi connectivity index (χ1) is 14.3. The number of anilines is 1. The number of carbonyl (C=O) groups excluding carboxylic acids is 1. The summed E-state index contributed by atoms with van der Waals surface area (Å²) in [6, 6.07) is 9.65. The number of sulfonamides is 1. The maximum absolute atomic E-state index is 12.9. The van der Waals surface area contributed by atoms with Gasteiger partial charge >= 0.3 is 5.76 Å². The number of nitrogens with one attached hydrogen (secondary N) is 1. The molecule has 8 nitrogen and oxygen atoms in total. The molecular weight excluding hydrogens is 413 g/mol. The highest BCUT2D eigenvalue weighted by atomic mass is 32.2. The summed E-state index contributed by atoms with van der Waals surface area (Å²) in [5.41, 5.74) is 1.01. The van der Waals surface area contributed by atoms with E-state index in [0.29, 0.717) is 24.3 Å². The van der Waals surface area contributed by atoms with E-state index in [-0.39, 0.29) is 29.4 Å². The van der Waals surface area contributed by atoms with Gasteiger partial charge < -0.3 is 9.73 Å². The number of fused-ring (bicyclic) bond motifs is 1. The molecule has 0 spiro atoms. The second kappa shape index (κ2) is 8.04. The Kier molecular flexibility index (Phi) is 5.44. The van der Waals surface area contributed by atoms with Crippen molar-refractivity contribution in [2.45, 2.75) is 30.7 Å². The van der Waals surface area contributed by atoms with Gasteiger partial charge in [0, 0.05) is 37.8 Å². The first-order valence-electron chi connectivity index (χ1n) is 9.53. The topological polar surface area (TPSA) is 102 Å². The molecule has 0 saturated carbocycles. The van der Waals surface area contributed by atoms with Gasteiger partial charge in [-0.1, -0.05) is 0 Å². The normalized spacial score (nSPS) is 15.0. The summed E-state index contributed by atoms with van der Waals surface area (Å²) in [4.78, 5) is 24.4. The standard InChI is InChI=1S/C20H20FN3O5S/c21-14-3-5-15(6-4-14)22-19(25)9-12-24-17-8-7-16(13-18(17)29-20(24)26)30(27,28)23-10-1-2-11-23/h3-8,13H,1-2,9-12H2,(H,22,25). The number of hydrogen-bond donors (Lipinski definition) is 1. The largest absolute Gasteiger partial charge is 0.419 e. The summed E-state index contributed by atoms with van der Waals surface area (Å²) in [7, 11) is -3.63. The molecule has 1 fully saturated rings. The molecule has 1 aliphatic rings. The molecule has 0 radical (unpaired) electrons. The van der Waals surface area contributed by atoms with Gasteiger partial charge in [0.25, 0.3) is 0 Å². The average molecular weight is 433 g/mol. The monoisotopic (exact) mass is 433 g/mol. The lowest BCUT2D eigenvalue weighted by molar-refractivity contribution is -0.116. The Hall–Kier alpha value is -2.98. The van der Waals surface area contributed by atoms with Crippen LogP contribution in [0.5, 0.6) is 0 Å². The van der Waals surface area contributed by atoms with E-state index in [1.165, 1.54) is 51.3 Å². The number of carbonyl (C=O) groups is 1. The van der Waals surface area contributed by atoms with Gasteiger partial charge in [-0.2, -0.15) is 4.31 Å². The highest BCUT2D eigenvalue weighted by Gasteiger charge is 2.28. The van der Waals surface area contributed by atoms with Crippen LogP contribution in [0.3, 0.4) is 0 Å². The smallest absolute Gasteiger partial charge is 0.408 e. The number of amides is 1. The second-order valence-corrected chi connectivity index (χ2v) is 9.00. The van der Waals surface area contributed by atoms with Crippen LogP contribution in [0.1, 0.15) is 19.3 Å². The number of nitrogens with zero attached hydrogens (tertiary/aromatic N) is 2. The van der Waals surface area contributed by atoms with Gasteiger partial charge in [-0.25, -0.2) is 17.6 Å². The Morgan fingerprint density at radius 3 is 2.50 bits per heavy atom. The van der Waals surface area contributed by atoms with Crippen LogP contribution in [-0.2, 0) is 21.4 Å². The van der Waals surface area contributed by atoms with Crippen molar-refractivity contribution in [2.75, 3.05) is 18.4 Å². The fourth-order valence-corrected chi connectivity index (χ4v) is 5.00. The second-order valence-electron chi connectivity index (χ2n) is 7.07. The first kappa shape index (κ1) is 20.3. The van der Waals surface area contributed by atoms with E-state index in [1.807, 2.05) is 0 Å². The molecule has 0 atom stereocenters. The zero-order valence-corrected chi connectivity index (χ0v) is 16.8. The summed E-state index contributed by atoms with van der Waals surface area (Å²) >= 11 is 0. The molecule has 1 amide bonds. The van der Waals surface area contributed by atoms with E-state index < -0.39 is 21.6 Å². The van der Waals surface area contributed by atoms with Gasteiger partial charge in [0.1, 0.15) is 5.82 Å². The Bertz CT molecular complexity index is 1240. The zero-order valence-electron chi connectivity index (χ0n) is 16.0. The van der Waals surface area contributed by atoms with Crippen LogP contribution < -0.4 is 11.1 Å². The van der Waals surface area contributed by atoms with Crippen molar-refractivity contribution in [1.82, 2.24) is 8.87 Å². The number of oxazole rings is 1. The van der Waals surface area contributed by atoms with E-state index in [2.05, 4.69) is 5.32 Å². The first-order valence-corrected chi connectivity index (χ1v) is 11.0. The SMILES string of the molecule is O=C(CCn1c(=O)oc2cc(S(=O)(=O)N3CCCC3)ccc21)Nc1ccc(F)cc1. The van der Waals surface area contributed by atoms with E-state index in [9.17, 15) is 22.4 Å². The van der Waals surface area contributed by atoms with Crippen molar-refractivity contribution < 1.29 is 22.0 Å². The third kappa shape index (κ3) is 4.01. The minimum Gasteiger partial charge on any atom is -0.408 e. The minimum absolute atomic E-state index is 0.0141. The summed E-state index contributed by atoms with van der Waals surface area (Å²) in [5, 5.41) is 2.62. The van der Waals surface area contributed by atoms with Gasteiger partial charge in [0.2, 0.25) is 15.9 Å². The predicted octanol–water partition coefficient (Wildman–Crippen LogP) is 2.55. The summed E-state index contributed by atoms with van der Waals surface area (Å²) in [6.45, 7) is 1.01. The van der Waals surface area contributed by atoms with E-state index in [4.69, 9.17) is 4.42 Å². The molecule has 1 aliphatic heterocycles. The van der Waals surface area contributed by atoms with E-state index in [1.54, 1.807) is 0 Å². The fraction of sp³-hybridized carbons (Fsp3) is 0.300. The van der Waals surface area contributed by atoms with Crippen LogP contribution in [0.2, 0.25) is 0 Å². The van der Waals surface area contributed by atoms with Crippen LogP contribution in [-0.4, -0.2) is 36.3 Å². The molecule has 3 aromatic rings. The van der Waals surface area contributed by atoms with E-state index >= 15 is 0 Å². The average Bonchev–Trinajstić information content (AvgIpc) is 3.36. The van der Waals surface area contributed by atoms with Crippen molar-refractivity contribution in [3.63, 3.8) is 0 Å². The fourth-order valence-electron chi connectivity index (χ4n) is 3.47. The molecule has 1 aromatic heterocycles. The van der Waals surface area contributed by atoms with Gasteiger partial charge in [0.15, 0.2) is 5.58 Å². The number of aromatic nitrogens is 1. The highest BCUT2D eigenvalue weighted by molar-refractivity contribution is 7.89. The van der Waals surface area contributed by atoms with Gasteiger partial charge in [-0.15, -0.1) is 0 Å². The lowest BCUT2D eigenvalue weighted by Crippen LogP contribution is -2.27. The Balaban J connectivity index is 1.51. The quantitative estimate of drug-likeness (QED) is 0.644. The van der Waals surface area contributed by atoms with Crippen molar-refractivity contribution >= 4 is 32.7 Å². The maximum atomic E-state index is 12.9. The van der Waals surface area contributed by atoms with Crippen molar-refractivity contribution in [1.29, 1.82) is 0 Å². The van der Waals surface area contributed by atoms with Gasteiger partial charge in [-0.3, -0.25) is 9.36 Å². The molecule has 1 N–H and O–H groups in total. The highest BCUT2D eigenvalue weighted by Crippen LogP contribution is 2.24. The number of hydrogen-bond acceptors (Lipinski definition) is 5. The Morgan fingerprint density at radius 1 is 1.10 bits per heavy atom. The summed E-state index contributed by atoms with van der Waals surface area (Å²) in [5.74, 6) is -1.43. The van der Waals surface area contributed by atoms with Crippen LogP contribution in [0.15, 0.2) is 56.6 Å².